The third-order valence-corrected chi connectivity index (χ3v) is 2.65. The van der Waals surface area contributed by atoms with Crippen molar-refractivity contribution in [3.8, 4) is 0 Å². The van der Waals surface area contributed by atoms with Crippen molar-refractivity contribution in [1.82, 2.24) is 0 Å². The van der Waals surface area contributed by atoms with Crippen LogP contribution in [-0.4, -0.2) is 20.3 Å². The molecule has 1 aromatic carbocycles. The van der Waals surface area contributed by atoms with E-state index in [0.717, 1.165) is 22.3 Å². The van der Waals surface area contributed by atoms with Crippen LogP contribution in [-0.2, 0) is 22.6 Å². The summed E-state index contributed by atoms with van der Waals surface area (Å²) in [4.78, 5) is 0. The first-order valence-electron chi connectivity index (χ1n) is 5.63. The number of rotatable bonds is 6. The van der Waals surface area contributed by atoms with E-state index in [4.69, 9.17) is 19.6 Å². The molecule has 0 unspecified atom stereocenters. The van der Waals surface area contributed by atoms with E-state index in [-0.39, 0.29) is 0 Å². The highest BCUT2D eigenvalue weighted by Crippen LogP contribution is 2.25. The van der Waals surface area contributed by atoms with E-state index in [1.165, 1.54) is 0 Å². The molecule has 2 N–H and O–H groups in total. The molecule has 0 fully saturated rings. The second kappa shape index (κ2) is 5.82. The van der Waals surface area contributed by atoms with Gasteiger partial charge in [0.1, 0.15) is 18.0 Å². The summed E-state index contributed by atoms with van der Waals surface area (Å²) in [5.41, 5.74) is 7.64. The van der Waals surface area contributed by atoms with Crippen LogP contribution in [0, 0.1) is 0 Å². The van der Waals surface area contributed by atoms with Crippen LogP contribution in [0.15, 0.2) is 28.7 Å². The van der Waals surface area contributed by atoms with Crippen molar-refractivity contribution < 1.29 is 13.9 Å². The summed E-state index contributed by atoms with van der Waals surface area (Å²) in [6.45, 7) is 2.03. The second-order valence-corrected chi connectivity index (χ2v) is 3.75. The lowest BCUT2D eigenvalue weighted by Crippen LogP contribution is -2.04. The summed E-state index contributed by atoms with van der Waals surface area (Å²) in [6, 6.07) is 7.88. The topological polar surface area (TPSA) is 57.6 Å². The van der Waals surface area contributed by atoms with Gasteiger partial charge < -0.3 is 19.6 Å². The van der Waals surface area contributed by atoms with Crippen LogP contribution in [0.25, 0.3) is 11.0 Å². The maximum atomic E-state index is 5.75. The smallest absolute Gasteiger partial charge is 0.135 e. The van der Waals surface area contributed by atoms with E-state index in [9.17, 15) is 0 Å². The van der Waals surface area contributed by atoms with E-state index in [1.54, 1.807) is 7.11 Å². The van der Waals surface area contributed by atoms with Gasteiger partial charge in [0.2, 0.25) is 0 Å². The molecule has 0 aliphatic rings. The molecule has 0 spiro atoms. The molecule has 4 heteroatoms. The summed E-state index contributed by atoms with van der Waals surface area (Å²) >= 11 is 0. The Morgan fingerprint density at radius 1 is 1.24 bits per heavy atom. The van der Waals surface area contributed by atoms with Crippen molar-refractivity contribution in [3.05, 3.63) is 35.6 Å². The predicted octanol–water partition coefficient (Wildman–Crippen LogP) is 2.05. The average molecular weight is 235 g/mol. The number of hydrogen-bond donors (Lipinski definition) is 1. The van der Waals surface area contributed by atoms with Gasteiger partial charge in [-0.05, 0) is 6.07 Å². The molecule has 0 aliphatic heterocycles. The van der Waals surface area contributed by atoms with E-state index >= 15 is 0 Å². The van der Waals surface area contributed by atoms with Crippen LogP contribution in [0.1, 0.15) is 11.3 Å². The van der Waals surface area contributed by atoms with Crippen molar-refractivity contribution in [2.75, 3.05) is 20.3 Å². The number of hydrogen-bond acceptors (Lipinski definition) is 4. The number of nitrogens with two attached hydrogens (primary N) is 1. The molecular weight excluding hydrogens is 218 g/mol. The van der Waals surface area contributed by atoms with Crippen LogP contribution in [0.2, 0.25) is 0 Å². The van der Waals surface area contributed by atoms with Gasteiger partial charge >= 0.3 is 0 Å². The first-order valence-corrected chi connectivity index (χ1v) is 5.63. The van der Waals surface area contributed by atoms with E-state index < -0.39 is 0 Å². The Bertz CT molecular complexity index is 478. The average Bonchev–Trinajstić information content (AvgIpc) is 2.72. The Morgan fingerprint density at radius 3 is 2.82 bits per heavy atom. The molecule has 0 saturated heterocycles. The maximum absolute atomic E-state index is 5.75. The van der Waals surface area contributed by atoms with E-state index in [2.05, 4.69) is 0 Å². The SMILES string of the molecule is COCCOCc1oc2ccccc2c1CN. The lowest BCUT2D eigenvalue weighted by molar-refractivity contribution is 0.0540. The van der Waals surface area contributed by atoms with Gasteiger partial charge in [0.05, 0.1) is 13.2 Å². The molecule has 0 radical (unpaired) electrons. The normalized spacial score (nSPS) is 11.2. The Morgan fingerprint density at radius 2 is 2.06 bits per heavy atom. The summed E-state index contributed by atoms with van der Waals surface area (Å²) in [7, 11) is 1.65. The highest BCUT2D eigenvalue weighted by atomic mass is 16.5. The second-order valence-electron chi connectivity index (χ2n) is 3.75. The zero-order valence-electron chi connectivity index (χ0n) is 9.94. The Kier molecular flexibility index (Phi) is 4.14. The van der Waals surface area contributed by atoms with E-state index in [1.807, 2.05) is 24.3 Å². The van der Waals surface area contributed by atoms with Crippen molar-refractivity contribution in [1.29, 1.82) is 0 Å². The van der Waals surface area contributed by atoms with Crippen LogP contribution in [0.3, 0.4) is 0 Å². The zero-order chi connectivity index (χ0) is 12.1. The van der Waals surface area contributed by atoms with Gasteiger partial charge in [-0.1, -0.05) is 18.2 Å². The van der Waals surface area contributed by atoms with Crippen molar-refractivity contribution >= 4 is 11.0 Å². The number of furan rings is 1. The highest BCUT2D eigenvalue weighted by Gasteiger charge is 2.12. The van der Waals surface area contributed by atoms with Gasteiger partial charge in [0.15, 0.2) is 0 Å². The van der Waals surface area contributed by atoms with Gasteiger partial charge in [0.25, 0.3) is 0 Å². The minimum absolute atomic E-state index is 0.435. The first-order chi connectivity index (χ1) is 8.36. The fourth-order valence-electron chi connectivity index (χ4n) is 1.80. The molecule has 17 heavy (non-hydrogen) atoms. The van der Waals surface area contributed by atoms with Crippen molar-refractivity contribution in [2.24, 2.45) is 5.73 Å². The predicted molar refractivity (Wildman–Crippen MR) is 65.6 cm³/mol. The summed E-state index contributed by atoms with van der Waals surface area (Å²) < 4.78 is 16.1. The third-order valence-electron chi connectivity index (χ3n) is 2.65. The number of benzene rings is 1. The summed E-state index contributed by atoms with van der Waals surface area (Å²) in [5, 5.41) is 1.07. The molecule has 1 aromatic heterocycles. The van der Waals surface area contributed by atoms with Crippen LogP contribution < -0.4 is 5.73 Å². The van der Waals surface area contributed by atoms with Gasteiger partial charge in [0, 0.05) is 24.6 Å². The summed E-state index contributed by atoms with van der Waals surface area (Å²) in [6.07, 6.45) is 0. The first kappa shape index (κ1) is 12.1. The Hall–Kier alpha value is -1.36. The molecule has 0 bridgehead atoms. The van der Waals surface area contributed by atoms with Crippen LogP contribution in [0.5, 0.6) is 0 Å². The third kappa shape index (κ3) is 2.66. The van der Waals surface area contributed by atoms with E-state index in [0.29, 0.717) is 26.4 Å². The monoisotopic (exact) mass is 235 g/mol. The molecule has 1 heterocycles. The van der Waals surface area contributed by atoms with Gasteiger partial charge in [-0.15, -0.1) is 0 Å². The Balaban J connectivity index is 2.15. The molecule has 4 nitrogen and oxygen atoms in total. The number of fused-ring (bicyclic) bond motifs is 1. The minimum Gasteiger partial charge on any atom is -0.458 e. The quantitative estimate of drug-likeness (QED) is 0.778. The van der Waals surface area contributed by atoms with Crippen LogP contribution >= 0.6 is 0 Å². The summed E-state index contributed by atoms with van der Waals surface area (Å²) in [5.74, 6) is 0.810. The largest absolute Gasteiger partial charge is 0.458 e. The molecule has 0 aliphatic carbocycles. The molecule has 0 atom stereocenters. The maximum Gasteiger partial charge on any atom is 0.135 e. The van der Waals surface area contributed by atoms with Crippen molar-refractivity contribution in [2.45, 2.75) is 13.2 Å². The van der Waals surface area contributed by atoms with Gasteiger partial charge in [-0.3, -0.25) is 0 Å². The lowest BCUT2D eigenvalue weighted by Gasteiger charge is -2.02. The zero-order valence-corrected chi connectivity index (χ0v) is 9.94. The molecule has 2 aromatic rings. The van der Waals surface area contributed by atoms with Gasteiger partial charge in [-0.2, -0.15) is 0 Å². The number of ether oxygens (including phenoxy) is 2. The Labute approximate surface area is 100 Å². The number of para-hydroxylation sites is 1. The highest BCUT2D eigenvalue weighted by molar-refractivity contribution is 5.82. The standard InChI is InChI=1S/C13H17NO3/c1-15-6-7-16-9-13-11(8-14)10-4-2-3-5-12(10)17-13/h2-5H,6-9,14H2,1H3. The number of methoxy groups -OCH3 is 1. The molecule has 92 valence electrons. The van der Waals surface area contributed by atoms with Gasteiger partial charge in [-0.25, -0.2) is 0 Å². The molecular formula is C13H17NO3. The van der Waals surface area contributed by atoms with Crippen molar-refractivity contribution in [3.63, 3.8) is 0 Å². The fourth-order valence-corrected chi connectivity index (χ4v) is 1.80. The lowest BCUT2D eigenvalue weighted by atomic mass is 10.1. The minimum atomic E-state index is 0.435. The molecule has 2 rings (SSSR count). The molecule has 0 saturated carbocycles. The molecule has 0 amide bonds. The van der Waals surface area contributed by atoms with Crippen LogP contribution in [0.4, 0.5) is 0 Å². The fraction of sp³-hybridized carbons (Fsp3) is 0.385.